The molecule has 2 aliphatic rings. The molecule has 2 saturated heterocycles. The van der Waals surface area contributed by atoms with Crippen molar-refractivity contribution < 1.29 is 4.74 Å². The first-order valence-corrected chi connectivity index (χ1v) is 9.60. The van der Waals surface area contributed by atoms with Gasteiger partial charge in [-0.05, 0) is 41.5 Å². The van der Waals surface area contributed by atoms with Crippen LogP contribution in [-0.2, 0) is 4.74 Å². The minimum atomic E-state index is 0.509. The molecule has 0 radical (unpaired) electrons. The lowest BCUT2D eigenvalue weighted by Gasteiger charge is -2.41. The number of hydrogen-bond acceptors (Lipinski definition) is 3. The summed E-state index contributed by atoms with van der Waals surface area (Å²) in [7, 11) is 0. The fourth-order valence-corrected chi connectivity index (χ4v) is 4.31. The Morgan fingerprint density at radius 3 is 2.36 bits per heavy atom. The Morgan fingerprint density at radius 1 is 0.880 bits per heavy atom. The van der Waals surface area contributed by atoms with Crippen LogP contribution < -0.4 is 5.32 Å². The van der Waals surface area contributed by atoms with Gasteiger partial charge in [0.25, 0.3) is 0 Å². The van der Waals surface area contributed by atoms with E-state index in [1.165, 1.54) is 29.5 Å². The summed E-state index contributed by atoms with van der Waals surface area (Å²) >= 11 is 0. The molecule has 0 amide bonds. The van der Waals surface area contributed by atoms with Gasteiger partial charge in [-0.25, -0.2) is 0 Å². The molecule has 25 heavy (non-hydrogen) atoms. The van der Waals surface area contributed by atoms with Crippen LogP contribution in [-0.4, -0.2) is 44.3 Å². The molecule has 0 unspecified atom stereocenters. The Morgan fingerprint density at radius 2 is 1.60 bits per heavy atom. The Balaban J connectivity index is 1.66. The van der Waals surface area contributed by atoms with Gasteiger partial charge >= 0.3 is 0 Å². The van der Waals surface area contributed by atoms with E-state index < -0.39 is 0 Å². The summed E-state index contributed by atoms with van der Waals surface area (Å²) in [5, 5.41) is 3.49. The number of piperazine rings is 1. The summed E-state index contributed by atoms with van der Waals surface area (Å²) in [6.45, 7) is 6.28. The summed E-state index contributed by atoms with van der Waals surface area (Å²) < 4.78 is 5.64. The van der Waals surface area contributed by atoms with Crippen molar-refractivity contribution in [1.82, 2.24) is 10.2 Å². The summed E-state index contributed by atoms with van der Waals surface area (Å²) in [6.07, 6.45) is 2.34. The molecule has 3 heteroatoms. The van der Waals surface area contributed by atoms with Crippen LogP contribution in [0.3, 0.4) is 0 Å². The van der Waals surface area contributed by atoms with Crippen molar-refractivity contribution >= 4 is 0 Å². The average molecular weight is 336 g/mol. The van der Waals surface area contributed by atoms with Gasteiger partial charge in [0.15, 0.2) is 0 Å². The van der Waals surface area contributed by atoms with Crippen molar-refractivity contribution in [3.63, 3.8) is 0 Å². The molecule has 2 heterocycles. The maximum atomic E-state index is 5.64. The van der Waals surface area contributed by atoms with Gasteiger partial charge in [0, 0.05) is 45.4 Å². The van der Waals surface area contributed by atoms with Crippen LogP contribution in [0.15, 0.2) is 54.6 Å². The van der Waals surface area contributed by atoms with Crippen molar-refractivity contribution in [3.05, 3.63) is 60.2 Å². The molecule has 4 rings (SSSR count). The molecule has 0 bridgehead atoms. The standard InChI is InChI=1S/C22H28N2O/c1-2-5-18(6-3-1)20-7-4-8-21(17-20)22(19-9-15-25-16-10-19)24-13-11-23-12-14-24/h1-8,17,19,22-23H,9-16H2/t22-/m1/s1. The van der Waals surface area contributed by atoms with E-state index in [9.17, 15) is 0 Å². The minimum Gasteiger partial charge on any atom is -0.381 e. The van der Waals surface area contributed by atoms with Crippen LogP contribution in [0.1, 0.15) is 24.4 Å². The highest BCUT2D eigenvalue weighted by atomic mass is 16.5. The minimum absolute atomic E-state index is 0.509. The quantitative estimate of drug-likeness (QED) is 0.921. The largest absolute Gasteiger partial charge is 0.381 e. The van der Waals surface area contributed by atoms with E-state index in [0.29, 0.717) is 12.0 Å². The van der Waals surface area contributed by atoms with Gasteiger partial charge in [-0.2, -0.15) is 0 Å². The van der Waals surface area contributed by atoms with E-state index in [4.69, 9.17) is 4.74 Å². The number of hydrogen-bond donors (Lipinski definition) is 1. The van der Waals surface area contributed by atoms with E-state index in [1.807, 2.05) is 0 Å². The van der Waals surface area contributed by atoms with E-state index in [0.717, 1.165) is 39.4 Å². The molecule has 2 aliphatic heterocycles. The van der Waals surface area contributed by atoms with Crippen LogP contribution in [0.5, 0.6) is 0 Å². The number of nitrogens with one attached hydrogen (secondary N) is 1. The number of rotatable bonds is 4. The topological polar surface area (TPSA) is 24.5 Å². The fourth-order valence-electron chi connectivity index (χ4n) is 4.31. The number of ether oxygens (including phenoxy) is 1. The van der Waals surface area contributed by atoms with E-state index in [-0.39, 0.29) is 0 Å². The van der Waals surface area contributed by atoms with Crippen LogP contribution in [0.2, 0.25) is 0 Å². The Labute approximate surface area is 151 Å². The molecule has 0 saturated carbocycles. The van der Waals surface area contributed by atoms with Crippen LogP contribution in [0.4, 0.5) is 0 Å². The highest BCUT2D eigenvalue weighted by molar-refractivity contribution is 5.64. The van der Waals surface area contributed by atoms with Crippen molar-refractivity contribution in [2.75, 3.05) is 39.4 Å². The third-order valence-corrected chi connectivity index (χ3v) is 5.59. The summed E-state index contributed by atoms with van der Waals surface area (Å²) in [6, 6.07) is 20.4. The van der Waals surface area contributed by atoms with Crippen molar-refractivity contribution in [2.45, 2.75) is 18.9 Å². The molecule has 1 atom stereocenters. The van der Waals surface area contributed by atoms with Gasteiger partial charge in [0.2, 0.25) is 0 Å². The molecular weight excluding hydrogens is 308 g/mol. The van der Waals surface area contributed by atoms with Gasteiger partial charge in [-0.3, -0.25) is 4.90 Å². The third-order valence-electron chi connectivity index (χ3n) is 5.59. The van der Waals surface area contributed by atoms with Gasteiger partial charge in [0.1, 0.15) is 0 Å². The molecular formula is C22H28N2O. The third kappa shape index (κ3) is 3.95. The zero-order valence-corrected chi connectivity index (χ0v) is 14.9. The molecule has 2 fully saturated rings. The van der Waals surface area contributed by atoms with Crippen LogP contribution in [0.25, 0.3) is 11.1 Å². The lowest BCUT2D eigenvalue weighted by atomic mass is 9.84. The number of nitrogens with zero attached hydrogens (tertiary/aromatic N) is 1. The highest BCUT2D eigenvalue weighted by Gasteiger charge is 2.31. The smallest absolute Gasteiger partial charge is 0.0469 e. The second-order valence-corrected chi connectivity index (χ2v) is 7.17. The Bertz CT molecular complexity index is 643. The normalized spacial score (nSPS) is 21.1. The van der Waals surface area contributed by atoms with Gasteiger partial charge in [-0.1, -0.05) is 48.5 Å². The predicted molar refractivity (Wildman–Crippen MR) is 103 cm³/mol. The maximum absolute atomic E-state index is 5.64. The molecule has 2 aromatic carbocycles. The molecule has 2 aromatic rings. The molecule has 0 spiro atoms. The van der Waals surface area contributed by atoms with Crippen LogP contribution in [0, 0.1) is 5.92 Å². The van der Waals surface area contributed by atoms with E-state index >= 15 is 0 Å². The Hall–Kier alpha value is -1.68. The van der Waals surface area contributed by atoms with Crippen molar-refractivity contribution in [2.24, 2.45) is 5.92 Å². The molecule has 3 nitrogen and oxygen atoms in total. The fraction of sp³-hybridized carbons (Fsp3) is 0.455. The lowest BCUT2D eigenvalue weighted by molar-refractivity contribution is 0.0213. The van der Waals surface area contributed by atoms with Crippen molar-refractivity contribution in [1.29, 1.82) is 0 Å². The van der Waals surface area contributed by atoms with Gasteiger partial charge < -0.3 is 10.1 Å². The van der Waals surface area contributed by atoms with Crippen molar-refractivity contribution in [3.8, 4) is 11.1 Å². The van der Waals surface area contributed by atoms with E-state index in [2.05, 4.69) is 64.8 Å². The molecule has 132 valence electrons. The van der Waals surface area contributed by atoms with E-state index in [1.54, 1.807) is 0 Å². The summed E-state index contributed by atoms with van der Waals surface area (Å²) in [5.41, 5.74) is 4.09. The number of benzene rings is 2. The first-order valence-electron chi connectivity index (χ1n) is 9.60. The Kier molecular flexibility index (Phi) is 5.46. The average Bonchev–Trinajstić information content (AvgIpc) is 2.71. The molecule has 0 aliphatic carbocycles. The highest BCUT2D eigenvalue weighted by Crippen LogP contribution is 2.36. The summed E-state index contributed by atoms with van der Waals surface area (Å²) in [5.74, 6) is 0.692. The molecule has 1 N–H and O–H groups in total. The second-order valence-electron chi connectivity index (χ2n) is 7.17. The van der Waals surface area contributed by atoms with Crippen LogP contribution >= 0.6 is 0 Å². The maximum Gasteiger partial charge on any atom is 0.0469 e. The SMILES string of the molecule is c1ccc(-c2cccc([C@@H](C3CCOCC3)N3CCNCC3)c2)cc1. The zero-order chi connectivity index (χ0) is 16.9. The summed E-state index contributed by atoms with van der Waals surface area (Å²) in [4.78, 5) is 2.69. The monoisotopic (exact) mass is 336 g/mol. The first-order chi connectivity index (χ1) is 12.4. The first kappa shape index (κ1) is 16.8. The van der Waals surface area contributed by atoms with Gasteiger partial charge in [0.05, 0.1) is 0 Å². The zero-order valence-electron chi connectivity index (χ0n) is 14.9. The second kappa shape index (κ2) is 8.13. The lowest BCUT2D eigenvalue weighted by Crippen LogP contribution is -2.47. The molecule has 0 aromatic heterocycles. The van der Waals surface area contributed by atoms with Gasteiger partial charge in [-0.15, -0.1) is 0 Å². The predicted octanol–water partition coefficient (Wildman–Crippen LogP) is 3.73.